The maximum atomic E-state index is 13.3. The van der Waals surface area contributed by atoms with Gasteiger partial charge in [-0.1, -0.05) is 18.2 Å². The molecule has 0 spiro atoms. The van der Waals surface area contributed by atoms with Crippen LogP contribution in [0.2, 0.25) is 0 Å². The number of ether oxygens (including phenoxy) is 1. The van der Waals surface area contributed by atoms with Crippen LogP contribution in [0.4, 0.5) is 0 Å². The van der Waals surface area contributed by atoms with Crippen LogP contribution in [0.5, 0.6) is 0 Å². The van der Waals surface area contributed by atoms with Crippen LogP contribution in [-0.2, 0) is 28.0 Å². The fourth-order valence-corrected chi connectivity index (χ4v) is 7.56. The van der Waals surface area contributed by atoms with Crippen molar-refractivity contribution in [1.82, 2.24) is 18.7 Å². The van der Waals surface area contributed by atoms with Crippen LogP contribution in [0.25, 0.3) is 10.7 Å². The van der Waals surface area contributed by atoms with Gasteiger partial charge in [-0.25, -0.2) is 8.42 Å². The van der Waals surface area contributed by atoms with E-state index >= 15 is 0 Å². The lowest BCUT2D eigenvalue weighted by Gasteiger charge is -2.31. The summed E-state index contributed by atoms with van der Waals surface area (Å²) >= 11 is 7.51. The number of benzene rings is 1. The van der Waals surface area contributed by atoms with E-state index in [4.69, 9.17) is 22.1 Å². The summed E-state index contributed by atoms with van der Waals surface area (Å²) in [5, 5.41) is 6.95. The van der Waals surface area contributed by atoms with Gasteiger partial charge < -0.3 is 9.64 Å². The van der Waals surface area contributed by atoms with E-state index in [-0.39, 0.29) is 6.10 Å². The van der Waals surface area contributed by atoms with Gasteiger partial charge in [0.1, 0.15) is 0 Å². The van der Waals surface area contributed by atoms with Crippen LogP contribution in [-0.4, -0.2) is 66.0 Å². The molecule has 8 nitrogen and oxygen atoms in total. The molecule has 2 fully saturated rings. The minimum atomic E-state index is -3.50. The van der Waals surface area contributed by atoms with Crippen molar-refractivity contribution >= 4 is 33.6 Å². The molecule has 0 saturated carbocycles. The first kappa shape index (κ1) is 24.8. The molecule has 5 rings (SSSR count). The zero-order valence-corrected chi connectivity index (χ0v) is 22.6. The largest absolute Gasteiger partial charge is 0.376 e. The molecule has 188 valence electrons. The van der Waals surface area contributed by atoms with Crippen molar-refractivity contribution in [3.63, 3.8) is 0 Å². The van der Waals surface area contributed by atoms with Gasteiger partial charge >= 0.3 is 0 Å². The molecule has 3 aromatic rings. The Hall–Kier alpha value is -1.89. The quantitative estimate of drug-likeness (QED) is 0.472. The molecule has 0 amide bonds. The summed E-state index contributed by atoms with van der Waals surface area (Å²) in [6, 6.07) is 9.70. The van der Waals surface area contributed by atoms with Crippen LogP contribution >= 0.6 is 23.6 Å². The number of nitrogens with one attached hydrogen (secondary N) is 1. The number of quaternary nitrogens is 1. The van der Waals surface area contributed by atoms with Gasteiger partial charge in [0.05, 0.1) is 48.6 Å². The van der Waals surface area contributed by atoms with E-state index in [2.05, 4.69) is 16.0 Å². The zero-order chi connectivity index (χ0) is 24.6. The summed E-state index contributed by atoms with van der Waals surface area (Å²) in [6.07, 6.45) is 2.29. The summed E-state index contributed by atoms with van der Waals surface area (Å²) in [5.41, 5.74) is 1.74. The summed E-state index contributed by atoms with van der Waals surface area (Å²) in [4.78, 5) is 2.77. The van der Waals surface area contributed by atoms with Crippen molar-refractivity contribution in [3.8, 4) is 10.7 Å². The molecule has 1 aromatic carbocycles. The van der Waals surface area contributed by atoms with Crippen molar-refractivity contribution in [1.29, 1.82) is 0 Å². The van der Waals surface area contributed by atoms with Crippen LogP contribution < -0.4 is 4.90 Å². The SMILES string of the molecule is Cc1ccc(C)c(S(=O)(=O)N2CC[NH+](Cn3nc(-c4cccs4)n(C[C@@H]4CCCO4)c3=S)CC2)c1. The fourth-order valence-electron chi connectivity index (χ4n) is 4.83. The fraction of sp³-hybridized carbons (Fsp3) is 0.500. The molecule has 2 aliphatic rings. The third kappa shape index (κ3) is 5.16. The van der Waals surface area contributed by atoms with Crippen LogP contribution in [0, 0.1) is 18.6 Å². The van der Waals surface area contributed by atoms with E-state index in [1.165, 1.54) is 4.90 Å². The molecule has 1 N–H and O–H groups in total. The molecule has 0 bridgehead atoms. The predicted molar refractivity (Wildman–Crippen MR) is 139 cm³/mol. The second-order valence-corrected chi connectivity index (χ2v) is 12.6. The normalized spacial score (nSPS) is 20.0. The summed E-state index contributed by atoms with van der Waals surface area (Å²) < 4.78 is 38.8. The molecule has 0 aliphatic carbocycles. The maximum absolute atomic E-state index is 13.3. The summed E-state index contributed by atoms with van der Waals surface area (Å²) in [6.45, 7) is 8.29. The van der Waals surface area contributed by atoms with E-state index in [1.807, 2.05) is 36.7 Å². The third-order valence-corrected chi connectivity index (χ3v) is 10.2. The maximum Gasteiger partial charge on any atom is 0.243 e. The molecule has 35 heavy (non-hydrogen) atoms. The highest BCUT2D eigenvalue weighted by Gasteiger charge is 2.32. The lowest BCUT2D eigenvalue weighted by Crippen LogP contribution is -3.14. The number of rotatable bonds is 7. The minimum Gasteiger partial charge on any atom is -0.376 e. The Morgan fingerprint density at radius 1 is 1.23 bits per heavy atom. The number of hydrogen-bond donors (Lipinski definition) is 1. The Balaban J connectivity index is 1.31. The van der Waals surface area contributed by atoms with E-state index < -0.39 is 10.0 Å². The highest BCUT2D eigenvalue weighted by atomic mass is 32.2. The van der Waals surface area contributed by atoms with Gasteiger partial charge in [-0.3, -0.25) is 4.57 Å². The van der Waals surface area contributed by atoms with Gasteiger partial charge in [0.25, 0.3) is 0 Å². The second kappa shape index (κ2) is 10.2. The first-order valence-corrected chi connectivity index (χ1v) is 14.8. The molecular formula is C24H32N5O3S3+. The number of nitrogens with zero attached hydrogens (tertiary/aromatic N) is 4. The molecule has 1 atom stereocenters. The van der Waals surface area contributed by atoms with E-state index in [9.17, 15) is 8.42 Å². The Morgan fingerprint density at radius 3 is 2.71 bits per heavy atom. The van der Waals surface area contributed by atoms with E-state index in [1.54, 1.807) is 21.7 Å². The number of thiophene rings is 1. The molecular weight excluding hydrogens is 502 g/mol. The Labute approximate surface area is 215 Å². The zero-order valence-electron chi connectivity index (χ0n) is 20.1. The lowest BCUT2D eigenvalue weighted by atomic mass is 10.2. The van der Waals surface area contributed by atoms with Gasteiger partial charge in [0.15, 0.2) is 12.5 Å². The molecule has 11 heteroatoms. The second-order valence-electron chi connectivity index (χ2n) is 9.41. The standard InChI is InChI=1S/C24H31N5O3S3/c1-18-7-8-19(2)22(15-18)35(30,31)27-11-9-26(10-12-27)17-29-24(33)28(16-20-5-3-13-32-20)23(25-29)21-6-4-14-34-21/h4,6-8,14-15,20H,3,5,9-13,16-17H2,1-2H3/p+1/t20-/m0/s1. The number of aromatic nitrogens is 3. The monoisotopic (exact) mass is 534 g/mol. The molecule has 0 radical (unpaired) electrons. The lowest BCUT2D eigenvalue weighted by molar-refractivity contribution is -0.926. The Morgan fingerprint density at radius 2 is 2.03 bits per heavy atom. The number of hydrogen-bond acceptors (Lipinski definition) is 6. The first-order valence-electron chi connectivity index (χ1n) is 12.1. The minimum absolute atomic E-state index is 0.171. The van der Waals surface area contributed by atoms with Crippen molar-refractivity contribution in [2.75, 3.05) is 32.8 Å². The van der Waals surface area contributed by atoms with Gasteiger partial charge in [0, 0.05) is 6.61 Å². The third-order valence-electron chi connectivity index (χ3n) is 6.84. The number of aryl methyl sites for hydroxylation is 2. The highest BCUT2D eigenvalue weighted by Crippen LogP contribution is 2.26. The van der Waals surface area contributed by atoms with E-state index in [0.29, 0.717) is 49.1 Å². The molecule has 0 unspecified atom stereocenters. The van der Waals surface area contributed by atoms with Gasteiger partial charge in [0.2, 0.25) is 14.8 Å². The van der Waals surface area contributed by atoms with Crippen molar-refractivity contribution < 1.29 is 18.1 Å². The highest BCUT2D eigenvalue weighted by molar-refractivity contribution is 7.89. The van der Waals surface area contributed by atoms with Crippen LogP contribution in [0.3, 0.4) is 0 Å². The Kier molecular flexibility index (Phi) is 7.25. The topological polar surface area (TPSA) is 73.8 Å². The molecule has 2 aromatic heterocycles. The van der Waals surface area contributed by atoms with Gasteiger partial charge in [-0.2, -0.15) is 8.99 Å². The van der Waals surface area contributed by atoms with Crippen LogP contribution in [0.15, 0.2) is 40.6 Å². The van der Waals surface area contributed by atoms with Crippen molar-refractivity contribution in [2.45, 2.75) is 50.9 Å². The molecule has 4 heterocycles. The predicted octanol–water partition coefficient (Wildman–Crippen LogP) is 2.49. The first-order chi connectivity index (χ1) is 16.8. The molecule has 2 aliphatic heterocycles. The summed E-state index contributed by atoms with van der Waals surface area (Å²) in [7, 11) is -3.50. The number of sulfonamides is 1. The van der Waals surface area contributed by atoms with Crippen molar-refractivity contribution in [2.24, 2.45) is 0 Å². The molecule has 2 saturated heterocycles. The van der Waals surface area contributed by atoms with Crippen LogP contribution in [0.1, 0.15) is 24.0 Å². The van der Waals surface area contributed by atoms with E-state index in [0.717, 1.165) is 41.3 Å². The van der Waals surface area contributed by atoms with Gasteiger partial charge in [-0.15, -0.1) is 16.4 Å². The Bertz CT molecular complexity index is 1330. The average molecular weight is 535 g/mol. The van der Waals surface area contributed by atoms with Crippen molar-refractivity contribution in [3.05, 3.63) is 51.6 Å². The average Bonchev–Trinajstić information content (AvgIpc) is 3.61. The number of piperazine rings is 1. The summed E-state index contributed by atoms with van der Waals surface area (Å²) in [5.74, 6) is 0.885. The smallest absolute Gasteiger partial charge is 0.243 e. The van der Waals surface area contributed by atoms with Gasteiger partial charge in [-0.05, 0) is 67.5 Å².